The van der Waals surface area contributed by atoms with Crippen molar-refractivity contribution in [3.8, 4) is 11.4 Å². The molecule has 1 aromatic heterocycles. The van der Waals surface area contributed by atoms with Crippen molar-refractivity contribution in [1.29, 1.82) is 0 Å². The molecule has 19 heavy (non-hydrogen) atoms. The number of rotatable bonds is 3. The Kier molecular flexibility index (Phi) is 3.05. The van der Waals surface area contributed by atoms with Crippen molar-refractivity contribution in [2.24, 2.45) is 0 Å². The molecule has 0 amide bonds. The van der Waals surface area contributed by atoms with E-state index < -0.39 is 5.60 Å². The Morgan fingerprint density at radius 3 is 2.95 bits per heavy atom. The summed E-state index contributed by atoms with van der Waals surface area (Å²) in [6.45, 7) is 3.63. The van der Waals surface area contributed by atoms with Gasteiger partial charge in [-0.15, -0.1) is 0 Å². The Hall–Kier alpha value is -1.43. The molecular weight excluding hydrogens is 266 g/mol. The van der Waals surface area contributed by atoms with Gasteiger partial charge in [-0.05, 0) is 19.1 Å². The highest BCUT2D eigenvalue weighted by molar-refractivity contribution is 6.30. The minimum atomic E-state index is -0.587. The van der Waals surface area contributed by atoms with Crippen molar-refractivity contribution >= 4 is 11.6 Å². The number of nitrogens with zero attached hydrogens (tertiary/aromatic N) is 3. The summed E-state index contributed by atoms with van der Waals surface area (Å²) in [5, 5.41) is 14.2. The average Bonchev–Trinajstić information content (AvgIpc) is 2.75. The summed E-state index contributed by atoms with van der Waals surface area (Å²) in [6.07, 6.45) is 0. The fourth-order valence-corrected chi connectivity index (χ4v) is 2.47. The van der Waals surface area contributed by atoms with Gasteiger partial charge in [0, 0.05) is 23.7 Å². The maximum Gasteiger partial charge on any atom is 0.241 e. The van der Waals surface area contributed by atoms with E-state index in [1.54, 1.807) is 12.1 Å². The molecular formula is C13H14ClN3O2. The molecule has 100 valence electrons. The van der Waals surface area contributed by atoms with Crippen LogP contribution in [0.15, 0.2) is 28.8 Å². The van der Waals surface area contributed by atoms with Gasteiger partial charge in [-0.2, -0.15) is 4.98 Å². The molecule has 6 heteroatoms. The Morgan fingerprint density at radius 2 is 2.26 bits per heavy atom. The fraction of sp³-hybridized carbons (Fsp3) is 0.385. The predicted octanol–water partition coefficient (Wildman–Crippen LogP) is 1.96. The number of likely N-dealkylation sites (tertiary alicyclic amines) is 1. The van der Waals surface area contributed by atoms with Crippen LogP contribution in [0.25, 0.3) is 11.4 Å². The largest absolute Gasteiger partial charge is 0.388 e. The first-order valence-electron chi connectivity index (χ1n) is 6.05. The van der Waals surface area contributed by atoms with Gasteiger partial charge in [0.15, 0.2) is 0 Å². The van der Waals surface area contributed by atoms with Gasteiger partial charge in [-0.1, -0.05) is 28.9 Å². The summed E-state index contributed by atoms with van der Waals surface area (Å²) in [5.41, 5.74) is 0.244. The normalized spacial score (nSPS) is 18.3. The monoisotopic (exact) mass is 279 g/mol. The number of hydrogen-bond acceptors (Lipinski definition) is 5. The SMILES string of the molecule is CC1(O)CN(Cc2nc(-c3cccc(Cl)c3)no2)C1. The van der Waals surface area contributed by atoms with Gasteiger partial charge in [0.1, 0.15) is 0 Å². The van der Waals surface area contributed by atoms with E-state index in [0.717, 1.165) is 5.56 Å². The van der Waals surface area contributed by atoms with Crippen LogP contribution in [0.2, 0.25) is 5.02 Å². The van der Waals surface area contributed by atoms with Crippen LogP contribution >= 0.6 is 11.6 Å². The van der Waals surface area contributed by atoms with Crippen LogP contribution in [-0.2, 0) is 6.54 Å². The first kappa shape index (κ1) is 12.6. The lowest BCUT2D eigenvalue weighted by atomic mass is 9.97. The Labute approximate surface area is 115 Å². The maximum atomic E-state index is 9.65. The standard InChI is InChI=1S/C13H14ClN3O2/c1-13(18)7-17(8-13)6-11-15-12(16-19-11)9-3-2-4-10(14)5-9/h2-5,18H,6-8H2,1H3. The van der Waals surface area contributed by atoms with Gasteiger partial charge in [0.25, 0.3) is 0 Å². The van der Waals surface area contributed by atoms with Crippen LogP contribution < -0.4 is 0 Å². The number of aromatic nitrogens is 2. The van der Waals surface area contributed by atoms with Crippen molar-refractivity contribution in [3.05, 3.63) is 35.2 Å². The second-order valence-corrected chi connectivity index (χ2v) is 5.60. The quantitative estimate of drug-likeness (QED) is 0.930. The average molecular weight is 280 g/mol. The summed E-state index contributed by atoms with van der Waals surface area (Å²) < 4.78 is 5.21. The zero-order chi connectivity index (χ0) is 13.5. The van der Waals surface area contributed by atoms with Gasteiger partial charge in [0.2, 0.25) is 11.7 Å². The topological polar surface area (TPSA) is 62.4 Å². The minimum absolute atomic E-state index is 0.532. The van der Waals surface area contributed by atoms with Gasteiger partial charge >= 0.3 is 0 Å². The molecule has 2 heterocycles. The highest BCUT2D eigenvalue weighted by Gasteiger charge is 2.37. The van der Waals surface area contributed by atoms with Crippen molar-refractivity contribution in [1.82, 2.24) is 15.0 Å². The molecule has 3 rings (SSSR count). The molecule has 0 spiro atoms. The second-order valence-electron chi connectivity index (χ2n) is 5.16. The summed E-state index contributed by atoms with van der Waals surface area (Å²) in [7, 11) is 0. The van der Waals surface area contributed by atoms with E-state index in [9.17, 15) is 5.11 Å². The van der Waals surface area contributed by atoms with Gasteiger partial charge in [0.05, 0.1) is 12.1 Å². The molecule has 1 fully saturated rings. The first-order valence-corrected chi connectivity index (χ1v) is 6.43. The molecule has 2 aromatic rings. The predicted molar refractivity (Wildman–Crippen MR) is 70.6 cm³/mol. The zero-order valence-electron chi connectivity index (χ0n) is 10.5. The summed E-state index contributed by atoms with van der Waals surface area (Å²) >= 11 is 5.93. The third-order valence-corrected chi connectivity index (χ3v) is 3.27. The van der Waals surface area contributed by atoms with E-state index in [4.69, 9.17) is 16.1 Å². The molecule has 0 saturated carbocycles. The maximum absolute atomic E-state index is 9.65. The van der Waals surface area contributed by atoms with E-state index in [1.165, 1.54) is 0 Å². The van der Waals surface area contributed by atoms with Crippen LogP contribution in [0.1, 0.15) is 12.8 Å². The van der Waals surface area contributed by atoms with E-state index in [2.05, 4.69) is 15.0 Å². The first-order chi connectivity index (χ1) is 9.02. The summed E-state index contributed by atoms with van der Waals surface area (Å²) in [6, 6.07) is 7.33. The minimum Gasteiger partial charge on any atom is -0.388 e. The molecule has 1 aromatic carbocycles. The smallest absolute Gasteiger partial charge is 0.241 e. The Morgan fingerprint density at radius 1 is 1.47 bits per heavy atom. The van der Waals surface area contributed by atoms with E-state index in [0.29, 0.717) is 36.4 Å². The molecule has 0 unspecified atom stereocenters. The van der Waals surface area contributed by atoms with Crippen molar-refractivity contribution in [2.45, 2.75) is 19.1 Å². The van der Waals surface area contributed by atoms with E-state index in [1.807, 2.05) is 19.1 Å². The molecule has 0 radical (unpaired) electrons. The number of hydrogen-bond donors (Lipinski definition) is 1. The molecule has 0 atom stereocenters. The van der Waals surface area contributed by atoms with Crippen LogP contribution in [0.4, 0.5) is 0 Å². The number of halogens is 1. The third kappa shape index (κ3) is 2.78. The van der Waals surface area contributed by atoms with Gasteiger partial charge < -0.3 is 9.63 Å². The molecule has 1 aliphatic heterocycles. The summed E-state index contributed by atoms with van der Waals surface area (Å²) in [4.78, 5) is 6.38. The lowest BCUT2D eigenvalue weighted by Crippen LogP contribution is -2.59. The van der Waals surface area contributed by atoms with Gasteiger partial charge in [-0.25, -0.2) is 0 Å². The van der Waals surface area contributed by atoms with Crippen LogP contribution in [-0.4, -0.2) is 38.8 Å². The highest BCUT2D eigenvalue weighted by atomic mass is 35.5. The third-order valence-electron chi connectivity index (χ3n) is 3.04. The van der Waals surface area contributed by atoms with E-state index in [-0.39, 0.29) is 0 Å². The van der Waals surface area contributed by atoms with Crippen molar-refractivity contribution in [2.75, 3.05) is 13.1 Å². The molecule has 1 saturated heterocycles. The van der Waals surface area contributed by atoms with Crippen LogP contribution in [0, 0.1) is 0 Å². The van der Waals surface area contributed by atoms with E-state index >= 15 is 0 Å². The molecule has 0 bridgehead atoms. The summed E-state index contributed by atoms with van der Waals surface area (Å²) in [5.74, 6) is 1.08. The zero-order valence-corrected chi connectivity index (χ0v) is 11.3. The van der Waals surface area contributed by atoms with Gasteiger partial charge in [-0.3, -0.25) is 4.90 Å². The highest BCUT2D eigenvalue weighted by Crippen LogP contribution is 2.23. The second kappa shape index (κ2) is 4.59. The molecule has 1 N–H and O–H groups in total. The molecule has 0 aliphatic carbocycles. The van der Waals surface area contributed by atoms with Crippen LogP contribution in [0.5, 0.6) is 0 Å². The fourth-order valence-electron chi connectivity index (χ4n) is 2.28. The lowest BCUT2D eigenvalue weighted by Gasteiger charge is -2.43. The molecule has 1 aliphatic rings. The Balaban J connectivity index is 1.70. The Bertz CT molecular complexity index is 589. The van der Waals surface area contributed by atoms with Crippen LogP contribution in [0.3, 0.4) is 0 Å². The van der Waals surface area contributed by atoms with Crippen molar-refractivity contribution < 1.29 is 9.63 Å². The number of aliphatic hydroxyl groups is 1. The molecule has 5 nitrogen and oxygen atoms in total. The number of benzene rings is 1. The van der Waals surface area contributed by atoms with Crippen molar-refractivity contribution in [3.63, 3.8) is 0 Å². The number of β-amino-alcohol motifs (C(OH)–C–C–N with tert-alkyl or cyclic N) is 1. The lowest BCUT2D eigenvalue weighted by molar-refractivity contribution is -0.0901.